The molecule has 0 radical (unpaired) electrons. The van der Waals surface area contributed by atoms with Gasteiger partial charge in [0.25, 0.3) is 0 Å². The van der Waals surface area contributed by atoms with Crippen molar-refractivity contribution in [2.45, 2.75) is 19.3 Å². The number of likely N-dealkylation sites (tertiary alicyclic amines) is 1. The second kappa shape index (κ2) is 8.50. The Morgan fingerprint density at radius 1 is 1.31 bits per heavy atom. The zero-order valence-electron chi connectivity index (χ0n) is 9.91. The standard InChI is InChI=1S/C11H23N3O2/c12-11(15)10-16-9-5-13-4-3-8-14-6-1-2-7-14/h13H,1-10H2,(H2,12,15). The van der Waals surface area contributed by atoms with Gasteiger partial charge < -0.3 is 20.7 Å². The van der Waals surface area contributed by atoms with Gasteiger partial charge in [-0.15, -0.1) is 0 Å². The van der Waals surface area contributed by atoms with Crippen molar-refractivity contribution in [1.82, 2.24) is 10.2 Å². The second-order valence-corrected chi connectivity index (χ2v) is 4.17. The third kappa shape index (κ3) is 6.76. The van der Waals surface area contributed by atoms with Crippen LogP contribution in [0.4, 0.5) is 0 Å². The molecule has 0 aliphatic carbocycles. The Labute approximate surface area is 97.3 Å². The zero-order valence-corrected chi connectivity index (χ0v) is 9.91. The Morgan fingerprint density at radius 3 is 2.75 bits per heavy atom. The molecule has 1 heterocycles. The van der Waals surface area contributed by atoms with Crippen LogP contribution in [0.5, 0.6) is 0 Å². The molecule has 1 amide bonds. The van der Waals surface area contributed by atoms with Crippen molar-refractivity contribution >= 4 is 5.91 Å². The molecular weight excluding hydrogens is 206 g/mol. The van der Waals surface area contributed by atoms with E-state index in [2.05, 4.69) is 10.2 Å². The number of carbonyl (C=O) groups excluding carboxylic acids is 1. The molecule has 0 aromatic rings. The molecule has 94 valence electrons. The first-order chi connectivity index (χ1) is 7.79. The smallest absolute Gasteiger partial charge is 0.243 e. The minimum absolute atomic E-state index is 0.0233. The van der Waals surface area contributed by atoms with Gasteiger partial charge in [0.1, 0.15) is 6.61 Å². The Bertz CT molecular complexity index is 194. The maximum Gasteiger partial charge on any atom is 0.243 e. The maximum absolute atomic E-state index is 10.4. The molecule has 5 heteroatoms. The van der Waals surface area contributed by atoms with Crippen molar-refractivity contribution in [3.05, 3.63) is 0 Å². The molecule has 1 saturated heterocycles. The van der Waals surface area contributed by atoms with Crippen LogP contribution in [0.2, 0.25) is 0 Å². The van der Waals surface area contributed by atoms with E-state index in [0.29, 0.717) is 6.61 Å². The van der Waals surface area contributed by atoms with E-state index in [0.717, 1.165) is 13.1 Å². The summed E-state index contributed by atoms with van der Waals surface area (Å²) < 4.78 is 5.03. The van der Waals surface area contributed by atoms with Crippen molar-refractivity contribution in [3.8, 4) is 0 Å². The summed E-state index contributed by atoms with van der Waals surface area (Å²) in [5.41, 5.74) is 4.93. The Kier molecular flexibility index (Phi) is 7.12. The first-order valence-electron chi connectivity index (χ1n) is 6.08. The summed E-state index contributed by atoms with van der Waals surface area (Å²) in [4.78, 5) is 12.9. The van der Waals surface area contributed by atoms with Gasteiger partial charge in [0, 0.05) is 6.54 Å². The largest absolute Gasteiger partial charge is 0.370 e. The van der Waals surface area contributed by atoms with Gasteiger partial charge in [-0.25, -0.2) is 0 Å². The Morgan fingerprint density at radius 2 is 2.06 bits per heavy atom. The summed E-state index contributed by atoms with van der Waals surface area (Å²) in [6.45, 7) is 6.09. The first-order valence-corrected chi connectivity index (χ1v) is 6.08. The van der Waals surface area contributed by atoms with Gasteiger partial charge in [-0.05, 0) is 45.4 Å². The van der Waals surface area contributed by atoms with Crippen LogP contribution in [0.3, 0.4) is 0 Å². The van der Waals surface area contributed by atoms with Crippen LogP contribution in [-0.2, 0) is 9.53 Å². The molecule has 0 aromatic carbocycles. The van der Waals surface area contributed by atoms with Gasteiger partial charge in [-0.1, -0.05) is 0 Å². The van der Waals surface area contributed by atoms with Crippen LogP contribution < -0.4 is 11.1 Å². The quantitative estimate of drug-likeness (QED) is 0.526. The van der Waals surface area contributed by atoms with Crippen molar-refractivity contribution in [2.75, 3.05) is 45.9 Å². The van der Waals surface area contributed by atoms with Crippen LogP contribution in [0, 0.1) is 0 Å². The van der Waals surface area contributed by atoms with Crippen molar-refractivity contribution in [2.24, 2.45) is 5.73 Å². The molecule has 1 aliphatic heterocycles. The van der Waals surface area contributed by atoms with Gasteiger partial charge in [-0.3, -0.25) is 4.79 Å². The molecule has 16 heavy (non-hydrogen) atoms. The normalized spacial score (nSPS) is 16.8. The number of primary amides is 1. The molecule has 0 saturated carbocycles. The topological polar surface area (TPSA) is 67.6 Å². The number of nitrogens with two attached hydrogens (primary N) is 1. The predicted molar refractivity (Wildman–Crippen MR) is 63.2 cm³/mol. The first kappa shape index (κ1) is 13.4. The monoisotopic (exact) mass is 229 g/mol. The van der Waals surface area contributed by atoms with E-state index in [1.165, 1.54) is 38.9 Å². The lowest BCUT2D eigenvalue weighted by Crippen LogP contribution is -2.27. The zero-order chi connectivity index (χ0) is 11.6. The predicted octanol–water partition coefficient (Wildman–Crippen LogP) is -0.436. The van der Waals surface area contributed by atoms with E-state index < -0.39 is 5.91 Å². The third-order valence-corrected chi connectivity index (χ3v) is 2.69. The molecule has 0 spiro atoms. The molecule has 1 rings (SSSR count). The lowest BCUT2D eigenvalue weighted by Gasteiger charge is -2.14. The number of nitrogens with one attached hydrogen (secondary N) is 1. The molecule has 5 nitrogen and oxygen atoms in total. The number of nitrogens with zero attached hydrogens (tertiary/aromatic N) is 1. The van der Waals surface area contributed by atoms with Gasteiger partial charge in [0.15, 0.2) is 0 Å². The Hall–Kier alpha value is -0.650. The van der Waals surface area contributed by atoms with Gasteiger partial charge in [0.2, 0.25) is 5.91 Å². The molecule has 1 fully saturated rings. The van der Waals surface area contributed by atoms with Gasteiger partial charge >= 0.3 is 0 Å². The minimum atomic E-state index is -0.408. The number of carbonyl (C=O) groups is 1. The van der Waals surface area contributed by atoms with Crippen LogP contribution in [0.15, 0.2) is 0 Å². The highest BCUT2D eigenvalue weighted by Crippen LogP contribution is 2.06. The van der Waals surface area contributed by atoms with Crippen LogP contribution in [0.25, 0.3) is 0 Å². The summed E-state index contributed by atoms with van der Waals surface area (Å²) in [6, 6.07) is 0. The second-order valence-electron chi connectivity index (χ2n) is 4.17. The summed E-state index contributed by atoms with van der Waals surface area (Å²) in [5.74, 6) is -0.408. The fourth-order valence-electron chi connectivity index (χ4n) is 1.88. The summed E-state index contributed by atoms with van der Waals surface area (Å²) in [7, 11) is 0. The number of amides is 1. The van der Waals surface area contributed by atoms with Gasteiger partial charge in [-0.2, -0.15) is 0 Å². The average Bonchev–Trinajstić information content (AvgIpc) is 2.74. The summed E-state index contributed by atoms with van der Waals surface area (Å²) in [6.07, 6.45) is 3.89. The summed E-state index contributed by atoms with van der Waals surface area (Å²) >= 11 is 0. The van der Waals surface area contributed by atoms with Crippen molar-refractivity contribution < 1.29 is 9.53 Å². The SMILES string of the molecule is NC(=O)COCCNCCCN1CCCC1. The lowest BCUT2D eigenvalue weighted by molar-refractivity contribution is -0.122. The van der Waals surface area contributed by atoms with Gasteiger partial charge in [0.05, 0.1) is 6.61 Å². The summed E-state index contributed by atoms with van der Waals surface area (Å²) in [5, 5.41) is 3.28. The fraction of sp³-hybridized carbons (Fsp3) is 0.909. The lowest BCUT2D eigenvalue weighted by atomic mass is 10.4. The highest BCUT2D eigenvalue weighted by molar-refractivity contribution is 5.74. The minimum Gasteiger partial charge on any atom is -0.370 e. The molecule has 1 aliphatic rings. The molecule has 0 aromatic heterocycles. The van der Waals surface area contributed by atoms with E-state index in [1.807, 2.05) is 0 Å². The van der Waals surface area contributed by atoms with Crippen LogP contribution >= 0.6 is 0 Å². The van der Waals surface area contributed by atoms with E-state index >= 15 is 0 Å². The number of ether oxygens (including phenoxy) is 1. The van der Waals surface area contributed by atoms with E-state index in [1.54, 1.807) is 0 Å². The third-order valence-electron chi connectivity index (χ3n) is 2.69. The van der Waals surface area contributed by atoms with E-state index in [-0.39, 0.29) is 6.61 Å². The molecule has 0 atom stereocenters. The van der Waals surface area contributed by atoms with Crippen LogP contribution in [-0.4, -0.2) is 56.7 Å². The highest BCUT2D eigenvalue weighted by Gasteiger charge is 2.09. The molecule has 3 N–H and O–H groups in total. The Balaban J connectivity index is 1.76. The van der Waals surface area contributed by atoms with Crippen molar-refractivity contribution in [1.29, 1.82) is 0 Å². The van der Waals surface area contributed by atoms with E-state index in [9.17, 15) is 4.79 Å². The van der Waals surface area contributed by atoms with E-state index in [4.69, 9.17) is 10.5 Å². The number of hydrogen-bond acceptors (Lipinski definition) is 4. The number of rotatable bonds is 9. The highest BCUT2D eigenvalue weighted by atomic mass is 16.5. The van der Waals surface area contributed by atoms with Crippen molar-refractivity contribution in [3.63, 3.8) is 0 Å². The maximum atomic E-state index is 10.4. The molecular formula is C11H23N3O2. The fourth-order valence-corrected chi connectivity index (χ4v) is 1.88. The molecule has 0 unspecified atom stereocenters. The molecule has 0 bridgehead atoms. The average molecular weight is 229 g/mol. The number of hydrogen-bond donors (Lipinski definition) is 2. The van der Waals surface area contributed by atoms with Crippen LogP contribution in [0.1, 0.15) is 19.3 Å².